The van der Waals surface area contributed by atoms with Crippen LogP contribution in [-0.2, 0) is 9.53 Å². The largest absolute Gasteiger partial charge is 0.457 e. The molecule has 0 aliphatic carbocycles. The molecule has 25 heavy (non-hydrogen) atoms. The second-order valence-electron chi connectivity index (χ2n) is 5.27. The van der Waals surface area contributed by atoms with Crippen molar-refractivity contribution in [2.45, 2.75) is 19.4 Å². The second-order valence-corrected chi connectivity index (χ2v) is 5.27. The Hall–Kier alpha value is -3.06. The van der Waals surface area contributed by atoms with Gasteiger partial charge in [-0.1, -0.05) is 13.0 Å². The van der Waals surface area contributed by atoms with E-state index < -0.39 is 12.1 Å². The lowest BCUT2D eigenvalue weighted by Crippen LogP contribution is -2.34. The van der Waals surface area contributed by atoms with Crippen LogP contribution in [0, 0.1) is 0 Å². The van der Waals surface area contributed by atoms with Crippen LogP contribution in [0.15, 0.2) is 48.5 Å². The molecule has 2 rings (SSSR count). The van der Waals surface area contributed by atoms with Crippen molar-refractivity contribution in [1.82, 2.24) is 0 Å². The van der Waals surface area contributed by atoms with Crippen LogP contribution in [0.1, 0.15) is 13.3 Å². The minimum Gasteiger partial charge on any atom is -0.457 e. The molecule has 0 radical (unpaired) electrons. The Morgan fingerprint density at radius 1 is 1.04 bits per heavy atom. The molecule has 4 N–H and O–H groups in total. The highest BCUT2D eigenvalue weighted by Crippen LogP contribution is 2.25. The van der Waals surface area contributed by atoms with Crippen LogP contribution in [0.4, 0.5) is 16.2 Å². The van der Waals surface area contributed by atoms with E-state index >= 15 is 0 Å². The zero-order valence-electron chi connectivity index (χ0n) is 14.1. The maximum absolute atomic E-state index is 11.8. The van der Waals surface area contributed by atoms with Crippen LogP contribution in [0.25, 0.3) is 0 Å². The van der Waals surface area contributed by atoms with Gasteiger partial charge in [-0.05, 0) is 42.8 Å². The number of amides is 2. The van der Waals surface area contributed by atoms with Crippen LogP contribution < -0.4 is 21.1 Å². The topological polar surface area (TPSA) is 103 Å². The van der Waals surface area contributed by atoms with Crippen LogP contribution >= 0.6 is 0 Å². The lowest BCUT2D eigenvalue weighted by atomic mass is 10.2. The molecular formula is C18H21N3O4. The minimum atomic E-state index is -0.542. The van der Waals surface area contributed by atoms with Gasteiger partial charge >= 0.3 is 6.09 Å². The predicted molar refractivity (Wildman–Crippen MR) is 95.9 cm³/mol. The van der Waals surface area contributed by atoms with E-state index in [4.69, 9.17) is 10.5 Å². The molecule has 0 aliphatic rings. The third kappa shape index (κ3) is 5.50. The number of benzene rings is 2. The molecule has 2 amide bonds. The van der Waals surface area contributed by atoms with Gasteiger partial charge in [-0.3, -0.25) is 10.1 Å². The first-order chi connectivity index (χ1) is 12.0. The highest BCUT2D eigenvalue weighted by atomic mass is 16.5. The molecule has 0 fully saturated rings. The van der Waals surface area contributed by atoms with E-state index in [0.717, 1.165) is 0 Å². The number of anilines is 2. The lowest BCUT2D eigenvalue weighted by Gasteiger charge is -2.12. The summed E-state index contributed by atoms with van der Waals surface area (Å²) in [6.45, 7) is 1.85. The molecular weight excluding hydrogens is 322 g/mol. The van der Waals surface area contributed by atoms with E-state index in [1.54, 1.807) is 48.5 Å². The van der Waals surface area contributed by atoms with Gasteiger partial charge in [0.05, 0.1) is 13.2 Å². The summed E-state index contributed by atoms with van der Waals surface area (Å²) < 4.78 is 10.3. The van der Waals surface area contributed by atoms with Crippen molar-refractivity contribution >= 4 is 23.4 Å². The van der Waals surface area contributed by atoms with Crippen molar-refractivity contribution in [2.24, 2.45) is 5.73 Å². The van der Waals surface area contributed by atoms with Gasteiger partial charge in [-0.15, -0.1) is 0 Å². The van der Waals surface area contributed by atoms with E-state index in [2.05, 4.69) is 15.4 Å². The Labute approximate surface area is 146 Å². The first kappa shape index (κ1) is 18.3. The molecule has 132 valence electrons. The Morgan fingerprint density at radius 2 is 1.76 bits per heavy atom. The van der Waals surface area contributed by atoms with Gasteiger partial charge in [0.15, 0.2) is 0 Å². The number of nitrogens with two attached hydrogens (primary N) is 1. The number of hydrogen-bond acceptors (Lipinski definition) is 5. The van der Waals surface area contributed by atoms with Gasteiger partial charge in [-0.25, -0.2) is 4.79 Å². The fourth-order valence-electron chi connectivity index (χ4n) is 1.97. The fourth-order valence-corrected chi connectivity index (χ4v) is 1.97. The zero-order chi connectivity index (χ0) is 18.2. The molecule has 7 heteroatoms. The zero-order valence-corrected chi connectivity index (χ0v) is 14.1. The second kappa shape index (κ2) is 8.70. The molecule has 0 bridgehead atoms. The highest BCUT2D eigenvalue weighted by molar-refractivity contribution is 5.94. The number of carbonyl (C=O) groups is 2. The Morgan fingerprint density at radius 3 is 2.40 bits per heavy atom. The summed E-state index contributed by atoms with van der Waals surface area (Å²) in [6, 6.07) is 13.3. The summed E-state index contributed by atoms with van der Waals surface area (Å²) in [6.07, 6.45) is 0.0240. The van der Waals surface area contributed by atoms with Crippen LogP contribution in [0.5, 0.6) is 11.5 Å². The molecule has 1 atom stereocenters. The maximum atomic E-state index is 11.8. The SMILES string of the molecule is CCC(N)C(=O)Nc1cccc(Oc2ccc(NC(=O)OC)cc2)c1. The molecule has 0 spiro atoms. The van der Waals surface area contributed by atoms with Gasteiger partial charge in [0.2, 0.25) is 5.91 Å². The van der Waals surface area contributed by atoms with Gasteiger partial charge in [0.25, 0.3) is 0 Å². The van der Waals surface area contributed by atoms with Crippen LogP contribution in [0.3, 0.4) is 0 Å². The Bertz CT molecular complexity index is 731. The quantitative estimate of drug-likeness (QED) is 0.746. The Kier molecular flexibility index (Phi) is 6.36. The van der Waals surface area contributed by atoms with Crippen molar-refractivity contribution in [3.05, 3.63) is 48.5 Å². The van der Waals surface area contributed by atoms with E-state index in [0.29, 0.717) is 29.3 Å². The average molecular weight is 343 g/mol. The predicted octanol–water partition coefficient (Wildman–Crippen LogP) is 3.33. The molecule has 2 aromatic rings. The highest BCUT2D eigenvalue weighted by Gasteiger charge is 2.11. The molecule has 0 saturated heterocycles. The molecule has 7 nitrogen and oxygen atoms in total. The molecule has 0 aromatic heterocycles. The number of carbonyl (C=O) groups excluding carboxylic acids is 2. The van der Waals surface area contributed by atoms with Crippen LogP contribution in [-0.4, -0.2) is 25.2 Å². The molecule has 0 aliphatic heterocycles. The summed E-state index contributed by atoms with van der Waals surface area (Å²) >= 11 is 0. The summed E-state index contributed by atoms with van der Waals surface area (Å²) in [5, 5.41) is 5.30. The number of ether oxygens (including phenoxy) is 2. The van der Waals surface area contributed by atoms with E-state index in [1.807, 2.05) is 6.92 Å². The molecule has 0 saturated carbocycles. The number of methoxy groups -OCH3 is 1. The molecule has 2 aromatic carbocycles. The summed E-state index contributed by atoms with van der Waals surface area (Å²) in [7, 11) is 1.30. The van der Waals surface area contributed by atoms with Crippen molar-refractivity contribution in [3.63, 3.8) is 0 Å². The molecule has 1 unspecified atom stereocenters. The van der Waals surface area contributed by atoms with E-state index in [9.17, 15) is 9.59 Å². The normalized spacial score (nSPS) is 11.3. The van der Waals surface area contributed by atoms with Crippen molar-refractivity contribution in [1.29, 1.82) is 0 Å². The number of nitrogens with one attached hydrogen (secondary N) is 2. The van der Waals surface area contributed by atoms with Crippen molar-refractivity contribution in [2.75, 3.05) is 17.7 Å². The fraction of sp³-hybridized carbons (Fsp3) is 0.222. The van der Waals surface area contributed by atoms with Crippen molar-refractivity contribution < 1.29 is 19.1 Å². The lowest BCUT2D eigenvalue weighted by molar-refractivity contribution is -0.117. The van der Waals surface area contributed by atoms with Crippen LogP contribution in [0.2, 0.25) is 0 Å². The van der Waals surface area contributed by atoms with Gasteiger partial charge < -0.3 is 20.5 Å². The summed E-state index contributed by atoms with van der Waals surface area (Å²) in [4.78, 5) is 23.0. The third-order valence-corrected chi connectivity index (χ3v) is 3.40. The third-order valence-electron chi connectivity index (χ3n) is 3.40. The Balaban J connectivity index is 2.02. The van der Waals surface area contributed by atoms with E-state index in [-0.39, 0.29) is 5.91 Å². The summed E-state index contributed by atoms with van der Waals surface area (Å²) in [5.74, 6) is 0.915. The van der Waals surface area contributed by atoms with Gasteiger partial charge in [0.1, 0.15) is 11.5 Å². The van der Waals surface area contributed by atoms with Gasteiger partial charge in [0, 0.05) is 17.4 Å². The first-order valence-electron chi connectivity index (χ1n) is 7.81. The molecule has 0 heterocycles. The number of rotatable bonds is 6. The minimum absolute atomic E-state index is 0.238. The van der Waals surface area contributed by atoms with Crippen molar-refractivity contribution in [3.8, 4) is 11.5 Å². The monoisotopic (exact) mass is 343 g/mol. The first-order valence-corrected chi connectivity index (χ1v) is 7.81. The average Bonchev–Trinajstić information content (AvgIpc) is 2.62. The number of hydrogen-bond donors (Lipinski definition) is 3. The van der Waals surface area contributed by atoms with E-state index in [1.165, 1.54) is 7.11 Å². The van der Waals surface area contributed by atoms with Gasteiger partial charge in [-0.2, -0.15) is 0 Å². The standard InChI is InChI=1S/C18H21N3O4/c1-3-16(19)17(22)20-13-5-4-6-15(11-13)25-14-9-7-12(8-10-14)21-18(23)24-2/h4-11,16H,3,19H2,1-2H3,(H,20,22)(H,21,23). The maximum Gasteiger partial charge on any atom is 0.411 e. The summed E-state index contributed by atoms with van der Waals surface area (Å²) in [5.41, 5.74) is 6.90. The smallest absolute Gasteiger partial charge is 0.411 e.